The number of para-hydroxylation sites is 1. The summed E-state index contributed by atoms with van der Waals surface area (Å²) in [4.78, 5) is 46.7. The summed E-state index contributed by atoms with van der Waals surface area (Å²) >= 11 is 1.56. The number of ether oxygens (including phenoxy) is 1. The summed E-state index contributed by atoms with van der Waals surface area (Å²) in [5.74, 6) is 2.08. The standard InChI is InChI=1S/C37H53FN6O4S.C11H10FN3O.C11H15NO.CH4O/c1-25(2)35(33-22-34(41-48-33)43-19-12-29(13-20-43)23-42-17-14-31(47-38)15-18-42)37(46)44-16-6-7-32(44)36(45)40-27(4)30-10-8-28(9-11-30)21-26(3)39-24-49-5;12-6-7-5-9(14-15-11(7)13)8-3-1-2-4-10(8)16;1-2-9-6-7-12-11(8-9)13-10-4-3-5-10;1-2/h8-11,21-22,24-25,27,29,31-32,35H,6-7,12-20,23H2,1-5H3,(H,40,45);1-5,16H,6H2,(H2,13,15);6-8,10H,2-5H2,1H3;2H,1H3/b26-21+,39-24?;;;. The molecule has 1 saturated carbocycles. The van der Waals surface area contributed by atoms with E-state index in [9.17, 15) is 23.6 Å². The SMILES string of the molecule is CCc1ccnc(OC2CCC2)c1.CO.CSC=N/C(C)=C/c1ccc(C(C)NC(=O)C2CCCN2C(=O)C(c2cc(N3CCC(CN4CCC(OF)CC4)CC3)no2)C(C)C)cc1.Nc1nnc(-c2ccccc2O)cc1CF. The lowest BCUT2D eigenvalue weighted by Crippen LogP contribution is -2.48. The molecular weight excluding hydrogens is 1040 g/mol. The van der Waals surface area contributed by atoms with E-state index in [1.807, 2.05) is 94.2 Å². The number of rotatable bonds is 18. The summed E-state index contributed by atoms with van der Waals surface area (Å²) in [7, 11) is 1.00. The minimum absolute atomic E-state index is 0.0307. The maximum Gasteiger partial charge on any atom is 0.243 e. The highest BCUT2D eigenvalue weighted by atomic mass is 32.2. The number of hydrogen-bond acceptors (Lipinski definition) is 16. The molecule has 6 heterocycles. The van der Waals surface area contributed by atoms with Gasteiger partial charge < -0.3 is 45.2 Å². The molecule has 5 N–H and O–H groups in total. The molecule has 434 valence electrons. The Morgan fingerprint density at radius 1 is 0.925 bits per heavy atom. The van der Waals surface area contributed by atoms with E-state index in [1.54, 1.807) is 34.9 Å². The van der Waals surface area contributed by atoms with Crippen molar-refractivity contribution in [2.24, 2.45) is 16.8 Å². The highest BCUT2D eigenvalue weighted by Crippen LogP contribution is 2.35. The Morgan fingerprint density at radius 2 is 1.65 bits per heavy atom. The zero-order valence-electron chi connectivity index (χ0n) is 47.5. The van der Waals surface area contributed by atoms with Gasteiger partial charge in [0.15, 0.2) is 17.4 Å². The van der Waals surface area contributed by atoms with Gasteiger partial charge in [0.05, 0.1) is 17.3 Å². The van der Waals surface area contributed by atoms with Crippen molar-refractivity contribution < 1.29 is 42.9 Å². The zero-order chi connectivity index (χ0) is 57.6. The first-order valence-electron chi connectivity index (χ1n) is 28.0. The van der Waals surface area contributed by atoms with E-state index >= 15 is 0 Å². The van der Waals surface area contributed by atoms with Gasteiger partial charge in [-0.1, -0.05) is 62.3 Å². The number of carbonyl (C=O) groups excluding carboxylic acids is 2. The van der Waals surface area contributed by atoms with E-state index in [2.05, 4.69) is 52.3 Å². The van der Waals surface area contributed by atoms with Crippen LogP contribution in [0.1, 0.15) is 132 Å². The Morgan fingerprint density at radius 3 is 2.29 bits per heavy atom. The van der Waals surface area contributed by atoms with Crippen molar-refractivity contribution in [1.29, 1.82) is 0 Å². The number of pyridine rings is 1. The number of phenols is 1. The minimum atomic E-state index is -0.706. The van der Waals surface area contributed by atoms with E-state index in [4.69, 9.17) is 20.1 Å². The molecule has 3 atom stereocenters. The van der Waals surface area contributed by atoms with Crippen molar-refractivity contribution in [3.8, 4) is 22.9 Å². The van der Waals surface area contributed by atoms with E-state index in [0.717, 1.165) is 107 Å². The monoisotopic (exact) mass is 1120 g/mol. The first-order chi connectivity index (χ1) is 38.8. The quantitative estimate of drug-likeness (QED) is 0.0474. The maximum absolute atomic E-state index is 14.1. The second-order valence-electron chi connectivity index (χ2n) is 21.0. The minimum Gasteiger partial charge on any atom is -0.507 e. The number of aromatic hydroxyl groups is 1. The highest BCUT2D eigenvalue weighted by molar-refractivity contribution is 8.11. The summed E-state index contributed by atoms with van der Waals surface area (Å²) in [6, 6.07) is 21.5. The summed E-state index contributed by atoms with van der Waals surface area (Å²) in [5.41, 5.74) is 12.7. The predicted molar refractivity (Wildman–Crippen MR) is 312 cm³/mol. The molecule has 0 radical (unpaired) electrons. The Bertz CT molecular complexity index is 2750. The number of aliphatic imine (C=N–C) groups is 1. The van der Waals surface area contributed by atoms with Gasteiger partial charge in [-0.3, -0.25) is 14.6 Å². The molecule has 0 spiro atoms. The third-order valence-corrected chi connectivity index (χ3v) is 15.3. The number of amides is 2. The second kappa shape index (κ2) is 32.1. The lowest BCUT2D eigenvalue weighted by atomic mass is 9.91. The molecule has 3 unspecified atom stereocenters. The molecule has 4 aliphatic rings. The van der Waals surface area contributed by atoms with Gasteiger partial charge in [0, 0.05) is 81.5 Å². The number of anilines is 2. The Balaban J connectivity index is 0.000000267. The van der Waals surface area contributed by atoms with Crippen molar-refractivity contribution in [3.63, 3.8) is 0 Å². The number of aliphatic hydroxyl groups excluding tert-OH is 1. The molecule has 0 bridgehead atoms. The number of likely N-dealkylation sites (tertiary alicyclic amines) is 2. The lowest BCUT2D eigenvalue weighted by molar-refractivity contribution is -0.191. The molecule has 2 amide bonds. The average molecular weight is 1130 g/mol. The van der Waals surface area contributed by atoms with Crippen molar-refractivity contribution >= 4 is 46.8 Å². The van der Waals surface area contributed by atoms with Gasteiger partial charge in [-0.05, 0) is 148 Å². The molecule has 3 saturated heterocycles. The molecule has 1 aliphatic carbocycles. The van der Waals surface area contributed by atoms with Crippen LogP contribution in [0.15, 0.2) is 94.2 Å². The molecule has 17 nitrogen and oxygen atoms in total. The number of nitrogens with zero attached hydrogens (tertiary/aromatic N) is 8. The van der Waals surface area contributed by atoms with Gasteiger partial charge in [-0.15, -0.1) is 22.0 Å². The number of aliphatic hydroxyl groups is 1. The molecule has 5 aromatic rings. The maximum atomic E-state index is 14.1. The van der Waals surface area contributed by atoms with Crippen LogP contribution in [0.2, 0.25) is 0 Å². The van der Waals surface area contributed by atoms with Crippen molar-refractivity contribution in [1.82, 2.24) is 35.5 Å². The first-order valence-corrected chi connectivity index (χ1v) is 29.2. The number of thioether (sulfide) groups is 1. The number of nitrogens with two attached hydrogens (primary N) is 1. The van der Waals surface area contributed by atoms with Crippen LogP contribution in [0.4, 0.5) is 20.6 Å². The number of halogens is 2. The number of alkyl halides is 1. The van der Waals surface area contributed by atoms with Crippen LogP contribution in [0, 0.1) is 11.8 Å². The fourth-order valence-electron chi connectivity index (χ4n) is 10.1. The van der Waals surface area contributed by atoms with Crippen LogP contribution in [0.5, 0.6) is 11.6 Å². The smallest absolute Gasteiger partial charge is 0.243 e. The number of nitrogen functional groups attached to an aromatic ring is 1. The molecule has 80 heavy (non-hydrogen) atoms. The fourth-order valence-corrected chi connectivity index (χ4v) is 10.4. The van der Waals surface area contributed by atoms with Gasteiger partial charge >= 0.3 is 0 Å². The van der Waals surface area contributed by atoms with E-state index in [-0.39, 0.29) is 47.0 Å². The number of carbonyl (C=O) groups is 2. The number of aromatic nitrogens is 4. The number of aryl methyl sites for hydroxylation is 1. The number of benzene rings is 2. The number of phenolic OH excluding ortho intramolecular Hbond substituents is 1. The van der Waals surface area contributed by atoms with Gasteiger partial charge in [0.25, 0.3) is 0 Å². The largest absolute Gasteiger partial charge is 0.507 e. The molecule has 3 aliphatic heterocycles. The van der Waals surface area contributed by atoms with Crippen LogP contribution >= 0.6 is 11.8 Å². The van der Waals surface area contributed by atoms with E-state index in [1.165, 1.54) is 37.0 Å². The lowest BCUT2D eigenvalue weighted by Gasteiger charge is -2.36. The topological polar surface area (TPSA) is 218 Å². The average Bonchev–Trinajstić information content (AvgIpc) is 4.18. The highest BCUT2D eigenvalue weighted by Gasteiger charge is 2.41. The van der Waals surface area contributed by atoms with Crippen molar-refractivity contribution in [2.45, 2.75) is 136 Å². The number of hydrogen-bond donors (Lipinski definition) is 4. The second-order valence-corrected chi connectivity index (χ2v) is 21.7. The first kappa shape index (κ1) is 62.7. The van der Waals surface area contributed by atoms with Crippen LogP contribution in [0.25, 0.3) is 17.3 Å². The van der Waals surface area contributed by atoms with Crippen LogP contribution < -0.4 is 20.7 Å². The fraction of sp³-hybridized carbons (Fsp3) is 0.517. The van der Waals surface area contributed by atoms with Crippen LogP contribution in [-0.4, -0.2) is 129 Å². The van der Waals surface area contributed by atoms with Gasteiger partial charge in [0.2, 0.25) is 17.7 Å². The van der Waals surface area contributed by atoms with Crippen molar-refractivity contribution in [2.75, 3.05) is 63.3 Å². The number of allylic oxidation sites excluding steroid dienone is 1. The third kappa shape index (κ3) is 18.0. The molecule has 20 heteroatoms. The Kier molecular flexibility index (Phi) is 25.2. The summed E-state index contributed by atoms with van der Waals surface area (Å²) < 4.78 is 36.6. The molecule has 3 aromatic heterocycles. The van der Waals surface area contributed by atoms with Crippen LogP contribution in [0.3, 0.4) is 0 Å². The number of nitrogens with one attached hydrogen (secondary N) is 1. The van der Waals surface area contributed by atoms with Crippen LogP contribution in [-0.2, 0) is 27.6 Å². The summed E-state index contributed by atoms with van der Waals surface area (Å²) in [5, 5.41) is 31.6. The summed E-state index contributed by atoms with van der Waals surface area (Å²) in [6.45, 7) is 14.5. The molecule has 4 fully saturated rings. The molecule has 2 aromatic carbocycles. The van der Waals surface area contributed by atoms with Gasteiger partial charge in [-0.2, -0.15) is 4.94 Å². The Labute approximate surface area is 474 Å². The van der Waals surface area contributed by atoms with Crippen molar-refractivity contribution in [3.05, 3.63) is 113 Å². The van der Waals surface area contributed by atoms with Gasteiger partial charge in [0.1, 0.15) is 36.6 Å². The zero-order valence-corrected chi connectivity index (χ0v) is 48.3. The normalized spacial score (nSPS) is 18.0. The third-order valence-electron chi connectivity index (χ3n) is 15.0. The molecular formula is C60H82F2N10O7S. The summed E-state index contributed by atoms with van der Waals surface area (Å²) in [6.07, 6.45) is 15.7. The van der Waals surface area contributed by atoms with E-state index in [0.29, 0.717) is 42.0 Å². The van der Waals surface area contributed by atoms with E-state index < -0.39 is 18.6 Å². The molecule has 9 rings (SSSR count). The predicted octanol–water partition coefficient (Wildman–Crippen LogP) is 10.7. The number of piperidine rings is 2. The Hall–Kier alpha value is -6.48. The van der Waals surface area contributed by atoms with Gasteiger partial charge in [-0.25, -0.2) is 9.37 Å².